The van der Waals surface area contributed by atoms with Gasteiger partial charge < -0.3 is 0 Å². The van der Waals surface area contributed by atoms with Gasteiger partial charge in [0.05, 0.1) is 6.54 Å². The van der Waals surface area contributed by atoms with Gasteiger partial charge in [0.2, 0.25) is 0 Å². The van der Waals surface area contributed by atoms with Gasteiger partial charge in [0, 0.05) is 11.2 Å². The lowest BCUT2D eigenvalue weighted by Gasteiger charge is -2.30. The molecule has 0 radical (unpaired) electrons. The predicted octanol–water partition coefficient (Wildman–Crippen LogP) is 2.81. The van der Waals surface area contributed by atoms with Gasteiger partial charge in [-0.1, -0.05) is 11.6 Å². The lowest BCUT2D eigenvalue weighted by atomic mass is 10.0. The van der Waals surface area contributed by atoms with Crippen molar-refractivity contribution in [2.75, 3.05) is 6.54 Å². The van der Waals surface area contributed by atoms with E-state index in [0.29, 0.717) is 5.15 Å². The number of nitrogens with zero attached hydrogens (tertiary/aromatic N) is 3. The topological polar surface area (TPSA) is 29.0 Å². The zero-order chi connectivity index (χ0) is 11.8. The van der Waals surface area contributed by atoms with Crippen molar-refractivity contribution in [3.05, 3.63) is 22.7 Å². The molecule has 2 rings (SSSR count). The van der Waals surface area contributed by atoms with Crippen LogP contribution in [0.2, 0.25) is 5.15 Å². The summed E-state index contributed by atoms with van der Waals surface area (Å²) in [6, 6.07) is 1.79. The Bertz CT molecular complexity index is 370. The van der Waals surface area contributed by atoms with Gasteiger partial charge in [0.25, 0.3) is 0 Å². The van der Waals surface area contributed by atoms with E-state index >= 15 is 0 Å². The number of halogens is 1. The Balaban J connectivity index is 2.14. The monoisotopic (exact) mass is 239 g/mol. The first-order chi connectivity index (χ1) is 7.47. The molecule has 1 saturated heterocycles. The smallest absolute Gasteiger partial charge is 0.144 e. The van der Waals surface area contributed by atoms with Crippen LogP contribution in [0.1, 0.15) is 38.2 Å². The molecule has 4 heteroatoms. The summed E-state index contributed by atoms with van der Waals surface area (Å²) in [6.07, 6.45) is 2.50. The number of hydrogen-bond acceptors (Lipinski definition) is 3. The fourth-order valence-corrected chi connectivity index (χ4v) is 2.54. The molecule has 1 fully saturated rings. The van der Waals surface area contributed by atoms with Gasteiger partial charge in [-0.15, -0.1) is 0 Å². The van der Waals surface area contributed by atoms with Gasteiger partial charge in [0.15, 0.2) is 0 Å². The summed E-state index contributed by atoms with van der Waals surface area (Å²) in [7, 11) is 0. The fraction of sp³-hybridized carbons (Fsp3) is 0.667. The molecule has 0 aliphatic carbocycles. The lowest BCUT2D eigenvalue weighted by molar-refractivity contribution is 0.162. The molecule has 0 spiro atoms. The Morgan fingerprint density at radius 2 is 2.19 bits per heavy atom. The van der Waals surface area contributed by atoms with E-state index in [0.717, 1.165) is 24.6 Å². The van der Waals surface area contributed by atoms with Crippen molar-refractivity contribution < 1.29 is 0 Å². The first kappa shape index (κ1) is 11.8. The van der Waals surface area contributed by atoms with E-state index < -0.39 is 0 Å². The predicted molar refractivity (Wildman–Crippen MR) is 65.5 cm³/mol. The van der Waals surface area contributed by atoms with Crippen molar-refractivity contribution in [1.82, 2.24) is 14.9 Å². The molecule has 0 amide bonds. The largest absolute Gasteiger partial charge is 0.291 e. The Morgan fingerprint density at radius 3 is 2.75 bits per heavy atom. The Morgan fingerprint density at radius 1 is 1.44 bits per heavy atom. The van der Waals surface area contributed by atoms with Crippen molar-refractivity contribution >= 4 is 11.6 Å². The summed E-state index contributed by atoms with van der Waals surface area (Å²) < 4.78 is 0. The first-order valence-corrected chi connectivity index (χ1v) is 6.10. The summed E-state index contributed by atoms with van der Waals surface area (Å²) in [5.41, 5.74) is 1.20. The Labute approximate surface area is 102 Å². The normalized spacial score (nSPS) is 20.2. The molecule has 3 nitrogen and oxygen atoms in total. The highest BCUT2D eigenvalue weighted by molar-refractivity contribution is 6.29. The molecule has 0 saturated carbocycles. The molecule has 1 aromatic rings. The maximum Gasteiger partial charge on any atom is 0.144 e. The van der Waals surface area contributed by atoms with E-state index in [1.807, 2.05) is 6.92 Å². The molecule has 1 aromatic heterocycles. The molecular formula is C12H18ClN3. The van der Waals surface area contributed by atoms with Crippen LogP contribution in [0.25, 0.3) is 0 Å². The van der Waals surface area contributed by atoms with Crippen molar-refractivity contribution in [2.24, 2.45) is 0 Å². The van der Waals surface area contributed by atoms with Crippen LogP contribution in [0.3, 0.4) is 0 Å². The summed E-state index contributed by atoms with van der Waals surface area (Å²) >= 11 is 5.94. The number of rotatable bonds is 2. The van der Waals surface area contributed by atoms with Crippen molar-refractivity contribution in [3.63, 3.8) is 0 Å². The second-order valence-corrected chi connectivity index (χ2v) is 5.47. The van der Waals surface area contributed by atoms with E-state index in [2.05, 4.69) is 28.7 Å². The summed E-state index contributed by atoms with van der Waals surface area (Å²) in [5.74, 6) is 0.833. The van der Waals surface area contributed by atoms with E-state index in [4.69, 9.17) is 11.6 Å². The fourth-order valence-electron chi connectivity index (χ4n) is 2.29. The third-order valence-corrected chi connectivity index (χ3v) is 3.47. The van der Waals surface area contributed by atoms with Crippen LogP contribution in [0.4, 0.5) is 0 Å². The maximum atomic E-state index is 5.94. The van der Waals surface area contributed by atoms with E-state index in [1.54, 1.807) is 6.07 Å². The van der Waals surface area contributed by atoms with Crippen molar-refractivity contribution in [2.45, 2.75) is 45.7 Å². The number of hydrogen-bond donors (Lipinski definition) is 0. The highest BCUT2D eigenvalue weighted by Gasteiger charge is 2.32. The minimum Gasteiger partial charge on any atom is -0.291 e. The quantitative estimate of drug-likeness (QED) is 0.744. The van der Waals surface area contributed by atoms with Crippen LogP contribution >= 0.6 is 11.6 Å². The minimum absolute atomic E-state index is 0.263. The summed E-state index contributed by atoms with van der Waals surface area (Å²) in [4.78, 5) is 11.1. The summed E-state index contributed by atoms with van der Waals surface area (Å²) in [5, 5.41) is 0.541. The van der Waals surface area contributed by atoms with Gasteiger partial charge >= 0.3 is 0 Å². The van der Waals surface area contributed by atoms with Crippen LogP contribution in [0, 0.1) is 6.92 Å². The second kappa shape index (κ2) is 4.30. The zero-order valence-electron chi connectivity index (χ0n) is 10.1. The summed E-state index contributed by atoms with van der Waals surface area (Å²) in [6.45, 7) is 8.43. The molecule has 2 heterocycles. The third-order valence-electron chi connectivity index (χ3n) is 3.27. The molecule has 1 aliphatic heterocycles. The second-order valence-electron chi connectivity index (χ2n) is 5.09. The van der Waals surface area contributed by atoms with Gasteiger partial charge in [-0.05, 0) is 46.2 Å². The van der Waals surface area contributed by atoms with Gasteiger partial charge in [-0.2, -0.15) is 0 Å². The first-order valence-electron chi connectivity index (χ1n) is 5.72. The molecular weight excluding hydrogens is 222 g/mol. The van der Waals surface area contributed by atoms with Crippen LogP contribution in [0.5, 0.6) is 0 Å². The molecule has 0 aromatic carbocycles. The van der Waals surface area contributed by atoms with Crippen molar-refractivity contribution in [3.8, 4) is 0 Å². The molecule has 0 N–H and O–H groups in total. The van der Waals surface area contributed by atoms with E-state index in [-0.39, 0.29) is 5.54 Å². The minimum atomic E-state index is 0.263. The van der Waals surface area contributed by atoms with Crippen LogP contribution in [0.15, 0.2) is 6.07 Å². The van der Waals surface area contributed by atoms with Crippen molar-refractivity contribution in [1.29, 1.82) is 0 Å². The van der Waals surface area contributed by atoms with Crippen LogP contribution in [-0.4, -0.2) is 27.0 Å². The SMILES string of the molecule is Cc1cc(Cl)nc(CN2CCCC2(C)C)n1. The molecule has 1 aliphatic rings. The molecule has 0 bridgehead atoms. The average Bonchev–Trinajstić information content (AvgIpc) is 2.44. The van der Waals surface area contributed by atoms with Crippen LogP contribution < -0.4 is 0 Å². The number of aryl methyl sites for hydroxylation is 1. The average molecular weight is 240 g/mol. The Hall–Kier alpha value is -0.670. The molecule has 16 heavy (non-hydrogen) atoms. The van der Waals surface area contributed by atoms with Crippen LogP contribution in [-0.2, 0) is 6.54 Å². The zero-order valence-corrected chi connectivity index (χ0v) is 10.9. The van der Waals surface area contributed by atoms with E-state index in [9.17, 15) is 0 Å². The standard InChI is InChI=1S/C12H18ClN3/c1-9-7-10(13)15-11(14-9)8-16-6-4-5-12(16,2)3/h7H,4-6,8H2,1-3H3. The molecule has 0 atom stereocenters. The third kappa shape index (κ3) is 2.53. The molecule has 88 valence electrons. The molecule has 0 unspecified atom stereocenters. The lowest BCUT2D eigenvalue weighted by Crippen LogP contribution is -2.37. The maximum absolute atomic E-state index is 5.94. The number of likely N-dealkylation sites (tertiary alicyclic amines) is 1. The van der Waals surface area contributed by atoms with Gasteiger partial charge in [-0.25, -0.2) is 9.97 Å². The highest BCUT2D eigenvalue weighted by Crippen LogP contribution is 2.29. The Kier molecular flexibility index (Phi) is 3.17. The van der Waals surface area contributed by atoms with E-state index in [1.165, 1.54) is 12.8 Å². The van der Waals surface area contributed by atoms with Gasteiger partial charge in [0.1, 0.15) is 11.0 Å². The number of aromatic nitrogens is 2. The highest BCUT2D eigenvalue weighted by atomic mass is 35.5. The van der Waals surface area contributed by atoms with Gasteiger partial charge in [-0.3, -0.25) is 4.90 Å².